The van der Waals surface area contributed by atoms with Gasteiger partial charge in [-0.25, -0.2) is 4.79 Å². The summed E-state index contributed by atoms with van der Waals surface area (Å²) in [6, 6.07) is -0.842. The molecule has 0 radical (unpaired) electrons. The summed E-state index contributed by atoms with van der Waals surface area (Å²) in [7, 11) is 2.26. The Morgan fingerprint density at radius 1 is 1.06 bits per heavy atom. The van der Waals surface area contributed by atoms with E-state index in [1.807, 2.05) is 0 Å². The standard InChI is InChI=1S/C8H6Cl3N3O4/c1-13-4(15)3(5(16)14(2)7(13)18)12-6(17)8(9,10)11/h1-2H3. The van der Waals surface area contributed by atoms with E-state index < -0.39 is 33.3 Å². The van der Waals surface area contributed by atoms with Crippen molar-refractivity contribution in [3.8, 4) is 0 Å². The summed E-state index contributed by atoms with van der Waals surface area (Å²) in [5, 5.41) is 0. The molecule has 0 saturated carbocycles. The Morgan fingerprint density at radius 2 is 1.44 bits per heavy atom. The van der Waals surface area contributed by atoms with Crippen LogP contribution < -0.4 is 0 Å². The molecule has 0 aromatic rings. The number of nitrogens with zero attached hydrogens (tertiary/aromatic N) is 3. The van der Waals surface area contributed by atoms with Crippen LogP contribution in [0.2, 0.25) is 0 Å². The van der Waals surface area contributed by atoms with Crippen LogP contribution in [0.5, 0.6) is 0 Å². The molecule has 7 nitrogen and oxygen atoms in total. The molecule has 1 fully saturated rings. The van der Waals surface area contributed by atoms with Crippen molar-refractivity contribution in [1.82, 2.24) is 9.80 Å². The first-order valence-electron chi connectivity index (χ1n) is 4.37. The quantitative estimate of drug-likeness (QED) is 0.605. The van der Waals surface area contributed by atoms with Gasteiger partial charge in [0.15, 0.2) is 5.71 Å². The summed E-state index contributed by atoms with van der Waals surface area (Å²) in [4.78, 5) is 50.3. The molecule has 1 aliphatic rings. The van der Waals surface area contributed by atoms with Crippen LogP contribution in [0.1, 0.15) is 0 Å². The molecule has 0 spiro atoms. The lowest BCUT2D eigenvalue weighted by atomic mass is 10.2. The van der Waals surface area contributed by atoms with Crippen molar-refractivity contribution in [3.63, 3.8) is 0 Å². The molecule has 0 bridgehead atoms. The zero-order chi connectivity index (χ0) is 14.2. The predicted octanol–water partition coefficient (Wildman–Crippen LogP) is 0.375. The Balaban J connectivity index is 3.20. The van der Waals surface area contributed by atoms with Crippen LogP contribution >= 0.6 is 34.8 Å². The van der Waals surface area contributed by atoms with Crippen molar-refractivity contribution in [1.29, 1.82) is 0 Å². The predicted molar refractivity (Wildman–Crippen MR) is 63.7 cm³/mol. The maximum absolute atomic E-state index is 11.6. The van der Waals surface area contributed by atoms with E-state index in [4.69, 9.17) is 34.8 Å². The molecule has 10 heteroatoms. The lowest BCUT2D eigenvalue weighted by molar-refractivity contribution is -0.129. The molecular weight excluding hydrogens is 308 g/mol. The van der Waals surface area contributed by atoms with Gasteiger partial charge < -0.3 is 0 Å². The Morgan fingerprint density at radius 3 is 1.78 bits per heavy atom. The fourth-order valence-corrected chi connectivity index (χ4v) is 1.20. The van der Waals surface area contributed by atoms with Crippen LogP contribution in [0, 0.1) is 0 Å². The molecule has 98 valence electrons. The molecule has 0 N–H and O–H groups in total. The molecular formula is C8H6Cl3N3O4. The Kier molecular flexibility index (Phi) is 3.99. The van der Waals surface area contributed by atoms with Gasteiger partial charge in [-0.2, -0.15) is 4.99 Å². The fraction of sp³-hybridized carbons (Fsp3) is 0.375. The van der Waals surface area contributed by atoms with E-state index in [0.29, 0.717) is 9.80 Å². The summed E-state index contributed by atoms with van der Waals surface area (Å²) in [5.41, 5.74) is -0.782. The molecule has 18 heavy (non-hydrogen) atoms. The van der Waals surface area contributed by atoms with Gasteiger partial charge >= 0.3 is 6.03 Å². The number of imide groups is 2. The normalized spacial score (nSPS) is 17.4. The van der Waals surface area contributed by atoms with Gasteiger partial charge in [0.05, 0.1) is 0 Å². The number of rotatable bonds is 0. The third-order valence-corrected chi connectivity index (χ3v) is 2.53. The van der Waals surface area contributed by atoms with Gasteiger partial charge in [0.1, 0.15) is 0 Å². The molecule has 1 saturated heterocycles. The Hall–Kier alpha value is -1.18. The first kappa shape index (κ1) is 14.9. The van der Waals surface area contributed by atoms with E-state index in [-0.39, 0.29) is 0 Å². The average Bonchev–Trinajstić information content (AvgIpc) is 2.28. The number of urea groups is 1. The van der Waals surface area contributed by atoms with Gasteiger partial charge in [0.25, 0.3) is 21.5 Å². The third kappa shape index (κ3) is 2.63. The van der Waals surface area contributed by atoms with Crippen molar-refractivity contribution in [3.05, 3.63) is 0 Å². The van der Waals surface area contributed by atoms with Gasteiger partial charge in [0.2, 0.25) is 0 Å². The first-order chi connectivity index (χ1) is 8.07. The molecule has 0 aromatic carbocycles. The molecule has 1 rings (SSSR count). The zero-order valence-corrected chi connectivity index (χ0v) is 11.4. The number of hydrogen-bond donors (Lipinski definition) is 0. The highest BCUT2D eigenvalue weighted by Crippen LogP contribution is 2.27. The highest BCUT2D eigenvalue weighted by atomic mass is 35.6. The number of carbonyl (C=O) groups is 4. The summed E-state index contributed by atoms with van der Waals surface area (Å²) in [6.07, 6.45) is 0. The molecule has 1 heterocycles. The number of hydrogen-bond acceptors (Lipinski definition) is 4. The van der Waals surface area contributed by atoms with Gasteiger partial charge in [-0.05, 0) is 0 Å². The molecule has 1 aliphatic heterocycles. The molecule has 0 atom stereocenters. The van der Waals surface area contributed by atoms with Crippen LogP contribution in [-0.4, -0.2) is 57.2 Å². The maximum atomic E-state index is 11.6. The number of amides is 5. The van der Waals surface area contributed by atoms with Crippen molar-refractivity contribution in [2.24, 2.45) is 4.99 Å². The maximum Gasteiger partial charge on any atom is 0.333 e. The SMILES string of the molecule is CN1C(=O)C(=NC(=O)C(Cl)(Cl)Cl)C(=O)N(C)C1=O. The number of alkyl halides is 3. The Bertz CT molecular complexity index is 456. The number of barbiturate groups is 1. The minimum Gasteiger partial charge on any atom is -0.268 e. The van der Waals surface area contributed by atoms with Crippen molar-refractivity contribution < 1.29 is 19.2 Å². The fourth-order valence-electron chi connectivity index (χ4n) is 1.07. The molecule has 0 aromatic heterocycles. The van der Waals surface area contributed by atoms with E-state index in [9.17, 15) is 19.2 Å². The Labute approximate surface area is 116 Å². The van der Waals surface area contributed by atoms with E-state index in [1.54, 1.807) is 0 Å². The molecule has 0 unspecified atom stereocenters. The van der Waals surface area contributed by atoms with E-state index >= 15 is 0 Å². The van der Waals surface area contributed by atoms with Crippen LogP contribution in [0.25, 0.3) is 0 Å². The monoisotopic (exact) mass is 313 g/mol. The number of carbonyl (C=O) groups excluding carboxylic acids is 4. The lowest BCUT2D eigenvalue weighted by Gasteiger charge is -2.27. The van der Waals surface area contributed by atoms with E-state index in [0.717, 1.165) is 14.1 Å². The van der Waals surface area contributed by atoms with Gasteiger partial charge in [0, 0.05) is 14.1 Å². The molecule has 5 amide bonds. The van der Waals surface area contributed by atoms with E-state index in [1.165, 1.54) is 0 Å². The summed E-state index contributed by atoms with van der Waals surface area (Å²) >= 11 is 15.8. The van der Waals surface area contributed by atoms with Crippen molar-refractivity contribution in [2.75, 3.05) is 14.1 Å². The van der Waals surface area contributed by atoms with E-state index in [2.05, 4.69) is 4.99 Å². The van der Waals surface area contributed by atoms with Gasteiger partial charge in [-0.15, -0.1) is 0 Å². The zero-order valence-electron chi connectivity index (χ0n) is 9.11. The van der Waals surface area contributed by atoms with Crippen LogP contribution in [-0.2, 0) is 14.4 Å². The summed E-state index contributed by atoms with van der Waals surface area (Å²) in [6.45, 7) is 0. The highest BCUT2D eigenvalue weighted by molar-refractivity contribution is 6.77. The topological polar surface area (TPSA) is 87.1 Å². The lowest BCUT2D eigenvalue weighted by Crippen LogP contribution is -2.57. The van der Waals surface area contributed by atoms with Crippen LogP contribution in [0.4, 0.5) is 4.79 Å². The van der Waals surface area contributed by atoms with Gasteiger partial charge in [-0.1, -0.05) is 34.8 Å². The second kappa shape index (κ2) is 4.83. The van der Waals surface area contributed by atoms with Crippen molar-refractivity contribution >= 4 is 64.3 Å². The average molecular weight is 315 g/mol. The smallest absolute Gasteiger partial charge is 0.268 e. The second-order valence-electron chi connectivity index (χ2n) is 3.27. The highest BCUT2D eigenvalue weighted by Gasteiger charge is 2.41. The second-order valence-corrected chi connectivity index (χ2v) is 5.56. The largest absolute Gasteiger partial charge is 0.333 e. The third-order valence-electron chi connectivity index (χ3n) is 2.04. The van der Waals surface area contributed by atoms with Crippen LogP contribution in [0.3, 0.4) is 0 Å². The number of aliphatic imine (C=N–C) groups is 1. The van der Waals surface area contributed by atoms with Crippen molar-refractivity contribution in [2.45, 2.75) is 3.79 Å². The first-order valence-corrected chi connectivity index (χ1v) is 5.50. The van der Waals surface area contributed by atoms with Gasteiger partial charge in [-0.3, -0.25) is 24.2 Å². The molecule has 0 aliphatic carbocycles. The number of halogens is 3. The minimum absolute atomic E-state index is 0.617. The summed E-state index contributed by atoms with van der Waals surface area (Å²) < 4.78 is -2.38. The summed E-state index contributed by atoms with van der Waals surface area (Å²) in [5.74, 6) is -3.36. The minimum atomic E-state index is -2.38. The van der Waals surface area contributed by atoms with Crippen LogP contribution in [0.15, 0.2) is 4.99 Å².